The molecule has 3 aromatic carbocycles. The molecule has 1 aliphatic rings. The van der Waals surface area contributed by atoms with Crippen molar-refractivity contribution in [2.24, 2.45) is 10.4 Å². The minimum atomic E-state index is 0. The maximum absolute atomic E-state index is 5.00. The predicted octanol–water partition coefficient (Wildman–Crippen LogP) is 8.12. The monoisotopic (exact) mass is 585 g/mol. The van der Waals surface area contributed by atoms with Crippen LogP contribution in [0.3, 0.4) is 0 Å². The predicted molar refractivity (Wildman–Crippen MR) is 127 cm³/mol. The van der Waals surface area contributed by atoms with Gasteiger partial charge in [-0.05, 0) is 54.8 Å². The van der Waals surface area contributed by atoms with Crippen molar-refractivity contribution < 1.29 is 17.9 Å². The van der Waals surface area contributed by atoms with Gasteiger partial charge < -0.3 is 14.9 Å². The van der Waals surface area contributed by atoms with Crippen molar-refractivity contribution in [3.63, 3.8) is 0 Å². The Hall–Kier alpha value is -1.47. The average molecular weight is 585 g/mol. The molecule has 0 saturated heterocycles. The van der Waals surface area contributed by atoms with E-state index in [0.29, 0.717) is 0 Å². The van der Waals surface area contributed by atoms with Crippen LogP contribution in [-0.2, 0) is 24.3 Å². The average Bonchev–Trinajstić information content (AvgIpc) is 2.97. The van der Waals surface area contributed by atoms with Crippen molar-refractivity contribution >= 4 is 31.8 Å². The van der Waals surface area contributed by atoms with Gasteiger partial charge in [0.1, 0.15) is 0 Å². The van der Waals surface area contributed by atoms with Crippen molar-refractivity contribution in [3.8, 4) is 0 Å². The third-order valence-corrected chi connectivity index (χ3v) is 4.81. The van der Waals surface area contributed by atoms with E-state index in [2.05, 4.69) is 92.7 Å². The van der Waals surface area contributed by atoms with Crippen LogP contribution in [0.1, 0.15) is 48.6 Å². The van der Waals surface area contributed by atoms with Gasteiger partial charge in [0, 0.05) is 16.5 Å². The zero-order valence-corrected chi connectivity index (χ0v) is 21.6. The Labute approximate surface area is 191 Å². The molecule has 1 heterocycles. The molecule has 3 heteroatoms. The van der Waals surface area contributed by atoms with Gasteiger partial charge in [0.25, 0.3) is 0 Å². The molecule has 0 radical (unpaired) electrons. The van der Waals surface area contributed by atoms with E-state index in [4.69, 9.17) is 4.99 Å². The summed E-state index contributed by atoms with van der Waals surface area (Å²) in [4.78, 5) is 5.00. The number of aliphatic imine (C=N–C) groups is 1. The topological polar surface area (TPSA) is 12.4 Å². The molecule has 0 aromatic heterocycles. The molecule has 4 rings (SSSR count). The molecule has 1 nitrogen and oxygen atoms in total. The van der Waals surface area contributed by atoms with Gasteiger partial charge in [-0.3, -0.25) is 0 Å². The number of benzene rings is 3. The van der Waals surface area contributed by atoms with Gasteiger partial charge in [0.15, 0.2) is 0 Å². The summed E-state index contributed by atoms with van der Waals surface area (Å²) in [6.07, 6.45) is 1.08. The van der Waals surface area contributed by atoms with Crippen LogP contribution < -0.4 is 0 Å². The maximum atomic E-state index is 5.00. The quantitative estimate of drug-likeness (QED) is 0.211. The molecule has 1 aliphatic heterocycles. The first-order valence-corrected chi connectivity index (χ1v) is 12.1. The second-order valence-corrected chi connectivity index (χ2v) is 8.55. The molecule has 0 N–H and O–H groups in total. The summed E-state index contributed by atoms with van der Waals surface area (Å²) in [6, 6.07) is 17.8. The van der Waals surface area contributed by atoms with Crippen LogP contribution in [0.5, 0.6) is 0 Å². The van der Waals surface area contributed by atoms with E-state index >= 15 is 0 Å². The van der Waals surface area contributed by atoms with Gasteiger partial charge in [-0.2, -0.15) is 0 Å². The van der Waals surface area contributed by atoms with Crippen LogP contribution in [0.4, 0.5) is 5.69 Å². The zero-order chi connectivity index (χ0) is 19.8. The van der Waals surface area contributed by atoms with Crippen molar-refractivity contribution in [3.05, 3.63) is 91.2 Å². The summed E-state index contributed by atoms with van der Waals surface area (Å²) in [5, 5.41) is 2.67. The Morgan fingerprint density at radius 1 is 0.897 bits per heavy atom. The Balaban J connectivity index is 0.00000102. The van der Waals surface area contributed by atoms with Crippen LogP contribution in [0.15, 0.2) is 53.5 Å². The third-order valence-electron chi connectivity index (χ3n) is 4.81. The van der Waals surface area contributed by atoms with E-state index < -0.39 is 0 Å². The van der Waals surface area contributed by atoms with E-state index in [1.807, 2.05) is 0 Å². The van der Waals surface area contributed by atoms with E-state index in [1.165, 1.54) is 56.5 Å². The van der Waals surface area contributed by atoms with Crippen LogP contribution in [0, 0.1) is 34.1 Å². The fraction of sp³-hybridized carbons (Fsp3) is 0.269. The molecule has 3 aromatic rings. The van der Waals surface area contributed by atoms with E-state index in [-0.39, 0.29) is 20.3 Å². The Kier molecular flexibility index (Phi) is 8.84. The molecule has 0 atom stereocenters. The van der Waals surface area contributed by atoms with Crippen LogP contribution in [0.25, 0.3) is 10.8 Å². The van der Waals surface area contributed by atoms with Crippen molar-refractivity contribution in [1.29, 1.82) is 0 Å². The molecular weight excluding hydrogens is 554 g/mol. The second kappa shape index (κ2) is 10.0. The van der Waals surface area contributed by atoms with Gasteiger partial charge in [0.05, 0.1) is 11.4 Å². The van der Waals surface area contributed by atoms with Gasteiger partial charge in [-0.1, -0.05) is 62.2 Å². The summed E-state index contributed by atoms with van der Waals surface area (Å²) >= 11 is 1.47. The Morgan fingerprint density at radius 2 is 1.52 bits per heavy atom. The number of hydrogen-bond acceptors (Lipinski definition) is 1. The molecular formula is C26H31ClIrN. The van der Waals surface area contributed by atoms with Crippen molar-refractivity contribution in [2.75, 3.05) is 0 Å². The van der Waals surface area contributed by atoms with E-state index in [9.17, 15) is 0 Å². The third kappa shape index (κ3) is 5.37. The summed E-state index contributed by atoms with van der Waals surface area (Å²) in [6.45, 7) is 11.2. The Morgan fingerprint density at radius 3 is 2.10 bits per heavy atom. The zero-order valence-electron chi connectivity index (χ0n) is 18.5. The molecule has 0 aliphatic carbocycles. The molecule has 0 saturated carbocycles. The molecule has 156 valence electrons. The van der Waals surface area contributed by atoms with Gasteiger partial charge in [0.2, 0.25) is 0 Å². The molecule has 29 heavy (non-hydrogen) atoms. The number of rotatable bonds is 2. The van der Waals surface area contributed by atoms with E-state index in [0.717, 1.165) is 17.8 Å². The van der Waals surface area contributed by atoms with Gasteiger partial charge >= 0.3 is 27.5 Å². The first-order valence-electron chi connectivity index (χ1n) is 9.17. The number of hydrogen-bond donors (Lipinski definition) is 0. The minimum absolute atomic E-state index is 0. The summed E-state index contributed by atoms with van der Waals surface area (Å²) in [5.74, 6) is 0. The first-order chi connectivity index (χ1) is 12.8. The SMILES string of the molecule is Cc1cc(C)cc(C2=Nc3cccc4c(CC(C)(C)C)ccc2c34)c1.[CH3-].[CH3-].[Cl][Ir+2]. The molecule has 0 unspecified atom stereocenters. The van der Waals surface area contributed by atoms with Crippen molar-refractivity contribution in [2.45, 2.75) is 41.0 Å². The molecule has 0 bridgehead atoms. The number of aryl methyl sites for hydroxylation is 2. The fourth-order valence-electron chi connectivity index (χ4n) is 3.98. The molecule has 0 amide bonds. The standard InChI is InChI=1S/C24H25N.2CH3.ClH.Ir/c1-15-11-16(2)13-18(12-15)23-20-10-9-17(14-24(3,4)5)19-7-6-8-21(25-23)22(19)20;;;;/h6-13H,14H2,1-5H3;2*1H3;1H;/q;2*-1;;+3/p-1. The van der Waals surface area contributed by atoms with Crippen molar-refractivity contribution in [1.82, 2.24) is 0 Å². The van der Waals surface area contributed by atoms with E-state index in [1.54, 1.807) is 0 Å². The van der Waals surface area contributed by atoms with Crippen LogP contribution in [0.2, 0.25) is 0 Å². The fourth-order valence-corrected chi connectivity index (χ4v) is 3.98. The second-order valence-electron chi connectivity index (χ2n) is 8.55. The van der Waals surface area contributed by atoms with Crippen LogP contribution >= 0.6 is 9.58 Å². The normalized spacial score (nSPS) is 11.8. The van der Waals surface area contributed by atoms with Gasteiger partial charge in [-0.25, -0.2) is 4.99 Å². The summed E-state index contributed by atoms with van der Waals surface area (Å²) < 4.78 is 0. The summed E-state index contributed by atoms with van der Waals surface area (Å²) in [5.41, 5.74) is 8.98. The molecule has 0 fully saturated rings. The number of halogens is 1. The van der Waals surface area contributed by atoms with Gasteiger partial charge in [-0.15, -0.1) is 0 Å². The Bertz CT molecular complexity index is 1010. The number of nitrogens with zero attached hydrogens (tertiary/aromatic N) is 1. The molecule has 0 spiro atoms. The summed E-state index contributed by atoms with van der Waals surface area (Å²) in [7, 11) is 4.64. The van der Waals surface area contributed by atoms with Crippen LogP contribution in [-0.4, -0.2) is 5.71 Å². The first kappa shape index (κ1) is 25.6.